The van der Waals surface area contributed by atoms with Crippen molar-refractivity contribution in [3.05, 3.63) is 47.0 Å². The Bertz CT molecular complexity index is 675. The summed E-state index contributed by atoms with van der Waals surface area (Å²) in [5.74, 6) is 1.21. The van der Waals surface area contributed by atoms with Crippen molar-refractivity contribution < 1.29 is 0 Å². The SMILES string of the molecule is CC(C)CN1CC(Cn2nc(-c3cccnc3)ccc2=O)C1. The predicted octanol–water partition coefficient (Wildman–Crippen LogP) is 1.89. The quantitative estimate of drug-likeness (QED) is 0.846. The van der Waals surface area contributed by atoms with E-state index < -0.39 is 0 Å². The van der Waals surface area contributed by atoms with Crippen LogP contribution in [0.5, 0.6) is 0 Å². The van der Waals surface area contributed by atoms with Gasteiger partial charge in [-0.25, -0.2) is 4.68 Å². The van der Waals surface area contributed by atoms with Crippen LogP contribution in [-0.4, -0.2) is 39.3 Å². The van der Waals surface area contributed by atoms with Gasteiger partial charge in [0.05, 0.1) is 12.2 Å². The van der Waals surface area contributed by atoms with Crippen molar-refractivity contribution in [2.75, 3.05) is 19.6 Å². The summed E-state index contributed by atoms with van der Waals surface area (Å²) < 4.78 is 1.60. The topological polar surface area (TPSA) is 51.0 Å². The molecule has 1 saturated heterocycles. The predicted molar refractivity (Wildman–Crippen MR) is 86.5 cm³/mol. The third kappa shape index (κ3) is 3.42. The van der Waals surface area contributed by atoms with Crippen molar-refractivity contribution in [1.29, 1.82) is 0 Å². The summed E-state index contributed by atoms with van der Waals surface area (Å²) in [6.07, 6.45) is 3.50. The van der Waals surface area contributed by atoms with Gasteiger partial charge in [-0.3, -0.25) is 9.78 Å². The standard InChI is InChI=1S/C17H22N4O/c1-13(2)9-20-10-14(11-20)12-21-17(22)6-5-16(19-21)15-4-3-7-18-8-15/h3-8,13-14H,9-12H2,1-2H3. The fraction of sp³-hybridized carbons (Fsp3) is 0.471. The molecule has 3 rings (SSSR count). The lowest BCUT2D eigenvalue weighted by Crippen LogP contribution is -2.50. The maximum atomic E-state index is 12.0. The highest BCUT2D eigenvalue weighted by molar-refractivity contribution is 5.56. The van der Waals surface area contributed by atoms with Gasteiger partial charge in [0, 0.05) is 49.6 Å². The van der Waals surface area contributed by atoms with E-state index in [2.05, 4.69) is 28.8 Å². The average molecular weight is 298 g/mol. The second kappa shape index (κ2) is 6.40. The Hall–Kier alpha value is -2.01. The molecule has 5 nitrogen and oxygen atoms in total. The van der Waals surface area contributed by atoms with E-state index in [4.69, 9.17) is 0 Å². The summed E-state index contributed by atoms with van der Waals surface area (Å²) in [6.45, 7) is 8.41. The van der Waals surface area contributed by atoms with Crippen molar-refractivity contribution in [2.24, 2.45) is 11.8 Å². The molecule has 116 valence electrons. The van der Waals surface area contributed by atoms with Crippen LogP contribution in [0.4, 0.5) is 0 Å². The molecule has 1 fully saturated rings. The first kappa shape index (κ1) is 14.9. The molecule has 0 unspecified atom stereocenters. The smallest absolute Gasteiger partial charge is 0.266 e. The van der Waals surface area contributed by atoms with Crippen molar-refractivity contribution >= 4 is 0 Å². The first-order valence-electron chi connectivity index (χ1n) is 7.83. The van der Waals surface area contributed by atoms with Crippen LogP contribution in [0.15, 0.2) is 41.5 Å². The molecule has 0 N–H and O–H groups in total. The Balaban J connectivity index is 1.69. The van der Waals surface area contributed by atoms with Gasteiger partial charge in [-0.15, -0.1) is 0 Å². The third-order valence-electron chi connectivity index (χ3n) is 3.91. The summed E-state index contributed by atoms with van der Waals surface area (Å²) >= 11 is 0. The van der Waals surface area contributed by atoms with E-state index in [1.54, 1.807) is 29.2 Å². The Morgan fingerprint density at radius 2 is 2.09 bits per heavy atom. The van der Waals surface area contributed by atoms with Gasteiger partial charge in [-0.2, -0.15) is 5.10 Å². The van der Waals surface area contributed by atoms with Crippen LogP contribution in [0.2, 0.25) is 0 Å². The molecule has 22 heavy (non-hydrogen) atoms. The minimum absolute atomic E-state index is 0.0325. The van der Waals surface area contributed by atoms with Crippen LogP contribution < -0.4 is 5.56 Å². The van der Waals surface area contributed by atoms with Crippen LogP contribution >= 0.6 is 0 Å². The highest BCUT2D eigenvalue weighted by Gasteiger charge is 2.27. The highest BCUT2D eigenvalue weighted by Crippen LogP contribution is 2.19. The lowest BCUT2D eigenvalue weighted by atomic mass is 9.98. The molecule has 5 heteroatoms. The van der Waals surface area contributed by atoms with E-state index in [0.29, 0.717) is 18.4 Å². The number of hydrogen-bond acceptors (Lipinski definition) is 4. The molecule has 2 aromatic rings. The van der Waals surface area contributed by atoms with Crippen LogP contribution in [0.1, 0.15) is 13.8 Å². The monoisotopic (exact) mass is 298 g/mol. The molecule has 1 aliphatic rings. The minimum Gasteiger partial charge on any atom is -0.302 e. The molecule has 0 amide bonds. The zero-order valence-electron chi connectivity index (χ0n) is 13.1. The van der Waals surface area contributed by atoms with Crippen molar-refractivity contribution in [1.82, 2.24) is 19.7 Å². The van der Waals surface area contributed by atoms with Gasteiger partial charge >= 0.3 is 0 Å². The normalized spacial score (nSPS) is 16.0. The van der Waals surface area contributed by atoms with Gasteiger partial charge in [0.1, 0.15) is 0 Å². The Morgan fingerprint density at radius 1 is 1.27 bits per heavy atom. The molecule has 0 radical (unpaired) electrons. The maximum Gasteiger partial charge on any atom is 0.266 e. The van der Waals surface area contributed by atoms with Crippen LogP contribution in [-0.2, 0) is 6.54 Å². The van der Waals surface area contributed by atoms with E-state index >= 15 is 0 Å². The van der Waals surface area contributed by atoms with Crippen LogP contribution in [0.25, 0.3) is 11.3 Å². The van der Waals surface area contributed by atoms with Gasteiger partial charge in [0.2, 0.25) is 0 Å². The molecule has 2 aromatic heterocycles. The average Bonchev–Trinajstić information content (AvgIpc) is 2.47. The van der Waals surface area contributed by atoms with Gasteiger partial charge in [-0.1, -0.05) is 13.8 Å². The molecule has 0 aromatic carbocycles. The van der Waals surface area contributed by atoms with Crippen molar-refractivity contribution in [3.63, 3.8) is 0 Å². The lowest BCUT2D eigenvalue weighted by Gasteiger charge is -2.40. The van der Waals surface area contributed by atoms with Crippen molar-refractivity contribution in [2.45, 2.75) is 20.4 Å². The van der Waals surface area contributed by atoms with E-state index in [0.717, 1.165) is 30.9 Å². The number of nitrogens with zero attached hydrogens (tertiary/aromatic N) is 4. The first-order chi connectivity index (χ1) is 10.6. The number of likely N-dealkylation sites (tertiary alicyclic amines) is 1. The molecular formula is C17H22N4O. The number of pyridine rings is 1. The number of rotatable bonds is 5. The fourth-order valence-corrected chi connectivity index (χ4v) is 2.95. The zero-order valence-corrected chi connectivity index (χ0v) is 13.1. The summed E-state index contributed by atoms with van der Waals surface area (Å²) in [7, 11) is 0. The molecule has 0 bridgehead atoms. The van der Waals surface area contributed by atoms with Gasteiger partial charge in [0.15, 0.2) is 0 Å². The van der Waals surface area contributed by atoms with Crippen molar-refractivity contribution in [3.8, 4) is 11.3 Å². The van der Waals surface area contributed by atoms with E-state index in [-0.39, 0.29) is 5.56 Å². The molecular weight excluding hydrogens is 276 g/mol. The van der Waals surface area contributed by atoms with Crippen LogP contribution in [0.3, 0.4) is 0 Å². The summed E-state index contributed by atoms with van der Waals surface area (Å²) in [5.41, 5.74) is 1.70. The second-order valence-corrected chi connectivity index (χ2v) is 6.46. The van der Waals surface area contributed by atoms with Gasteiger partial charge in [0.25, 0.3) is 5.56 Å². The van der Waals surface area contributed by atoms with Gasteiger partial charge < -0.3 is 4.90 Å². The largest absolute Gasteiger partial charge is 0.302 e. The first-order valence-corrected chi connectivity index (χ1v) is 7.83. The highest BCUT2D eigenvalue weighted by atomic mass is 16.1. The molecule has 1 aliphatic heterocycles. The van der Waals surface area contributed by atoms with E-state index in [9.17, 15) is 4.79 Å². The number of hydrogen-bond donors (Lipinski definition) is 0. The third-order valence-corrected chi connectivity index (χ3v) is 3.91. The fourth-order valence-electron chi connectivity index (χ4n) is 2.95. The molecule has 0 atom stereocenters. The molecule has 0 aliphatic carbocycles. The molecule has 0 spiro atoms. The molecule has 0 saturated carbocycles. The number of aromatic nitrogens is 3. The van der Waals surface area contributed by atoms with Gasteiger partial charge in [-0.05, 0) is 24.1 Å². The summed E-state index contributed by atoms with van der Waals surface area (Å²) in [4.78, 5) is 18.5. The Morgan fingerprint density at radius 3 is 2.77 bits per heavy atom. The van der Waals surface area contributed by atoms with E-state index in [1.165, 1.54) is 0 Å². The minimum atomic E-state index is -0.0325. The summed E-state index contributed by atoms with van der Waals surface area (Å²) in [6, 6.07) is 7.20. The lowest BCUT2D eigenvalue weighted by molar-refractivity contribution is 0.0725. The molecule has 3 heterocycles. The Kier molecular flexibility index (Phi) is 4.34. The maximum absolute atomic E-state index is 12.0. The zero-order chi connectivity index (χ0) is 15.5. The van der Waals surface area contributed by atoms with E-state index in [1.807, 2.05) is 12.1 Å². The summed E-state index contributed by atoms with van der Waals surface area (Å²) in [5, 5.41) is 4.50. The second-order valence-electron chi connectivity index (χ2n) is 6.46. The Labute approximate surface area is 130 Å². The van der Waals surface area contributed by atoms with Crippen LogP contribution in [0, 0.1) is 11.8 Å².